The quantitative estimate of drug-likeness (QED) is 0.579. The van der Waals surface area contributed by atoms with Crippen LogP contribution >= 0.6 is 11.6 Å². The second-order valence-electron chi connectivity index (χ2n) is 6.49. The van der Waals surface area contributed by atoms with E-state index in [2.05, 4.69) is 20.1 Å². The van der Waals surface area contributed by atoms with Crippen LogP contribution < -0.4 is 5.43 Å². The Morgan fingerprint density at radius 2 is 2.19 bits per heavy atom. The molecule has 0 spiro atoms. The molecule has 1 atom stereocenters. The van der Waals surface area contributed by atoms with E-state index in [1.807, 2.05) is 19.9 Å². The molecular formula is C18H20ClF3N4O. The molecule has 27 heavy (non-hydrogen) atoms. The Hall–Kier alpha value is -2.06. The summed E-state index contributed by atoms with van der Waals surface area (Å²) in [6.07, 6.45) is 0.205. The van der Waals surface area contributed by atoms with Crippen LogP contribution in [-0.2, 0) is 17.5 Å². The molecule has 3 rings (SSSR count). The molecule has 146 valence electrons. The first-order valence-corrected chi connectivity index (χ1v) is 8.93. The summed E-state index contributed by atoms with van der Waals surface area (Å²) in [4.78, 5) is 3.69. The number of hydrogen-bond donors (Lipinski definition) is 1. The molecule has 0 bridgehead atoms. The number of halogens is 4. The molecule has 0 saturated carbocycles. The van der Waals surface area contributed by atoms with E-state index in [1.54, 1.807) is 6.21 Å². The molecule has 5 nitrogen and oxygen atoms in total. The van der Waals surface area contributed by atoms with Crippen molar-refractivity contribution in [2.45, 2.75) is 45.5 Å². The number of anilines is 1. The number of ether oxygens (including phenoxy) is 1. The highest BCUT2D eigenvalue weighted by atomic mass is 35.5. The Kier molecular flexibility index (Phi) is 5.76. The normalized spacial score (nSPS) is 17.8. The summed E-state index contributed by atoms with van der Waals surface area (Å²) in [5.74, 6) is 0.0640. The minimum Gasteiger partial charge on any atom is -0.376 e. The lowest BCUT2D eigenvalue weighted by Gasteiger charge is -2.14. The SMILES string of the molecule is Cc1cc(/C=N\Nc2ncc(C(F)(F)F)cc2Cl)c(C)n1C[C@H]1CCCO1. The van der Waals surface area contributed by atoms with E-state index in [4.69, 9.17) is 16.3 Å². The van der Waals surface area contributed by atoms with Crippen molar-refractivity contribution in [3.05, 3.63) is 45.9 Å². The number of nitrogens with zero attached hydrogens (tertiary/aromatic N) is 3. The maximum absolute atomic E-state index is 12.6. The van der Waals surface area contributed by atoms with Gasteiger partial charge in [-0.2, -0.15) is 18.3 Å². The van der Waals surface area contributed by atoms with Crippen LogP contribution in [0.15, 0.2) is 23.4 Å². The van der Waals surface area contributed by atoms with Crippen LogP contribution in [0, 0.1) is 13.8 Å². The van der Waals surface area contributed by atoms with Crippen LogP contribution in [0.1, 0.15) is 35.4 Å². The van der Waals surface area contributed by atoms with Crippen molar-refractivity contribution in [3.8, 4) is 0 Å². The van der Waals surface area contributed by atoms with Gasteiger partial charge < -0.3 is 9.30 Å². The molecule has 0 aromatic carbocycles. The smallest absolute Gasteiger partial charge is 0.376 e. The number of aromatic nitrogens is 2. The zero-order valence-electron chi connectivity index (χ0n) is 15.0. The Morgan fingerprint density at radius 1 is 1.41 bits per heavy atom. The first-order chi connectivity index (χ1) is 12.8. The molecule has 1 aliphatic rings. The molecule has 1 N–H and O–H groups in total. The van der Waals surface area contributed by atoms with Crippen LogP contribution in [0.2, 0.25) is 5.02 Å². The van der Waals surface area contributed by atoms with Gasteiger partial charge in [0.15, 0.2) is 5.82 Å². The number of hydrogen-bond acceptors (Lipinski definition) is 4. The van der Waals surface area contributed by atoms with Crippen molar-refractivity contribution in [1.82, 2.24) is 9.55 Å². The minimum atomic E-state index is -4.49. The summed E-state index contributed by atoms with van der Waals surface area (Å²) in [5, 5.41) is 3.92. The van der Waals surface area contributed by atoms with E-state index in [-0.39, 0.29) is 16.9 Å². The van der Waals surface area contributed by atoms with Gasteiger partial charge >= 0.3 is 6.18 Å². The summed E-state index contributed by atoms with van der Waals surface area (Å²) in [5.41, 5.74) is 4.73. The van der Waals surface area contributed by atoms with Gasteiger partial charge in [-0.15, -0.1) is 0 Å². The van der Waals surface area contributed by atoms with Crippen LogP contribution in [0.5, 0.6) is 0 Å². The van der Waals surface area contributed by atoms with E-state index < -0.39 is 11.7 Å². The average molecular weight is 401 g/mol. The summed E-state index contributed by atoms with van der Waals surface area (Å²) < 4.78 is 45.8. The molecule has 9 heteroatoms. The van der Waals surface area contributed by atoms with Crippen LogP contribution in [0.25, 0.3) is 0 Å². The van der Waals surface area contributed by atoms with Gasteiger partial charge in [0, 0.05) is 36.3 Å². The molecule has 0 amide bonds. The molecular weight excluding hydrogens is 381 g/mol. The monoisotopic (exact) mass is 400 g/mol. The predicted molar refractivity (Wildman–Crippen MR) is 98.3 cm³/mol. The Labute approximate surface area is 160 Å². The Balaban J connectivity index is 1.70. The van der Waals surface area contributed by atoms with Gasteiger partial charge in [-0.05, 0) is 38.8 Å². The number of alkyl halides is 3. The lowest BCUT2D eigenvalue weighted by atomic mass is 10.2. The number of rotatable bonds is 5. The van der Waals surface area contributed by atoms with E-state index in [0.29, 0.717) is 0 Å². The lowest BCUT2D eigenvalue weighted by Crippen LogP contribution is -2.16. The molecule has 2 aromatic rings. The first-order valence-electron chi connectivity index (χ1n) is 8.56. The molecule has 0 radical (unpaired) electrons. The third-order valence-electron chi connectivity index (χ3n) is 4.57. The molecule has 2 aromatic heterocycles. The van der Waals surface area contributed by atoms with Gasteiger partial charge in [0.2, 0.25) is 0 Å². The molecule has 1 saturated heterocycles. The predicted octanol–water partition coefficient (Wildman–Crippen LogP) is 4.80. The van der Waals surface area contributed by atoms with Crippen molar-refractivity contribution in [1.29, 1.82) is 0 Å². The molecule has 0 unspecified atom stereocenters. The fourth-order valence-corrected chi connectivity index (χ4v) is 3.28. The van der Waals surface area contributed by atoms with E-state index in [0.717, 1.165) is 55.2 Å². The van der Waals surface area contributed by atoms with Crippen LogP contribution in [-0.4, -0.2) is 28.5 Å². The highest BCUT2D eigenvalue weighted by molar-refractivity contribution is 6.32. The fraction of sp³-hybridized carbons (Fsp3) is 0.444. The van der Waals surface area contributed by atoms with Crippen molar-refractivity contribution in [2.75, 3.05) is 12.0 Å². The topological polar surface area (TPSA) is 51.4 Å². The zero-order valence-corrected chi connectivity index (χ0v) is 15.7. The zero-order chi connectivity index (χ0) is 19.6. The van der Waals surface area contributed by atoms with Gasteiger partial charge in [0.25, 0.3) is 0 Å². The Morgan fingerprint density at radius 3 is 2.81 bits per heavy atom. The van der Waals surface area contributed by atoms with E-state index in [9.17, 15) is 13.2 Å². The molecule has 1 fully saturated rings. The van der Waals surface area contributed by atoms with Gasteiger partial charge in [-0.3, -0.25) is 5.43 Å². The van der Waals surface area contributed by atoms with Gasteiger partial charge in [-0.25, -0.2) is 4.98 Å². The van der Waals surface area contributed by atoms with Crippen LogP contribution in [0.3, 0.4) is 0 Å². The van der Waals surface area contributed by atoms with Crippen molar-refractivity contribution < 1.29 is 17.9 Å². The number of hydrazone groups is 1. The second kappa shape index (κ2) is 7.90. The minimum absolute atomic E-state index is 0.0640. The van der Waals surface area contributed by atoms with Gasteiger partial charge in [-0.1, -0.05) is 11.6 Å². The Bertz CT molecular complexity index is 842. The summed E-state index contributed by atoms with van der Waals surface area (Å²) in [7, 11) is 0. The molecule has 0 aliphatic carbocycles. The number of nitrogens with one attached hydrogen (secondary N) is 1. The van der Waals surface area contributed by atoms with Gasteiger partial charge in [0.05, 0.1) is 22.9 Å². The van der Waals surface area contributed by atoms with Crippen molar-refractivity contribution in [2.24, 2.45) is 5.10 Å². The molecule has 3 heterocycles. The third-order valence-corrected chi connectivity index (χ3v) is 4.85. The summed E-state index contributed by atoms with van der Waals surface area (Å²) in [6, 6.07) is 2.82. The highest BCUT2D eigenvalue weighted by Gasteiger charge is 2.31. The van der Waals surface area contributed by atoms with Crippen LogP contribution in [0.4, 0.5) is 19.0 Å². The fourth-order valence-electron chi connectivity index (χ4n) is 3.07. The van der Waals surface area contributed by atoms with Gasteiger partial charge in [0.1, 0.15) is 0 Å². The van der Waals surface area contributed by atoms with E-state index in [1.165, 1.54) is 0 Å². The van der Waals surface area contributed by atoms with Crippen molar-refractivity contribution >= 4 is 23.6 Å². The largest absolute Gasteiger partial charge is 0.417 e. The van der Waals surface area contributed by atoms with E-state index >= 15 is 0 Å². The highest BCUT2D eigenvalue weighted by Crippen LogP contribution is 2.32. The third kappa shape index (κ3) is 4.62. The number of aryl methyl sites for hydroxylation is 1. The standard InChI is InChI=1S/C18H20ClF3N4O/c1-11-6-13(12(2)26(11)10-15-4-3-5-27-15)8-24-25-17-16(19)7-14(9-23-17)18(20,21)22/h6-9,15H,3-5,10H2,1-2H3,(H,23,25)/b24-8-/t15-/m1/s1. The summed E-state index contributed by atoms with van der Waals surface area (Å²) in [6.45, 7) is 5.61. The van der Waals surface area contributed by atoms with Crippen molar-refractivity contribution in [3.63, 3.8) is 0 Å². The molecule has 1 aliphatic heterocycles. The maximum Gasteiger partial charge on any atom is 0.417 e. The maximum atomic E-state index is 12.6. The second-order valence-corrected chi connectivity index (χ2v) is 6.90. The first kappa shape index (κ1) is 19.7. The summed E-state index contributed by atoms with van der Waals surface area (Å²) >= 11 is 5.86. The number of pyridine rings is 1. The lowest BCUT2D eigenvalue weighted by molar-refractivity contribution is -0.137. The average Bonchev–Trinajstić information content (AvgIpc) is 3.19.